The van der Waals surface area contributed by atoms with Crippen molar-refractivity contribution in [2.45, 2.75) is 65.7 Å². The van der Waals surface area contributed by atoms with Crippen molar-refractivity contribution in [1.29, 1.82) is 0 Å². The summed E-state index contributed by atoms with van der Waals surface area (Å²) in [5, 5.41) is 36.2. The summed E-state index contributed by atoms with van der Waals surface area (Å²) >= 11 is 0. The topological polar surface area (TPSA) is 102 Å². The standard InChI is InChI=1S/C31H40N2O4/c1-20-13-22(3)24(14-21(20)2)11-12-32-30(37)26-8-6-7-23(15-26)17-31(4,5)33-18-29(36)25-9-10-28(35)27(16-25)19-34/h6-10,13-16,29,33-36H,11-12,17-19H2,1-5H3,(H,32,37)/t29-/m0/s1. The van der Waals surface area contributed by atoms with Crippen molar-refractivity contribution in [3.05, 3.63) is 99.1 Å². The first-order valence-corrected chi connectivity index (χ1v) is 12.8. The minimum Gasteiger partial charge on any atom is -0.508 e. The molecule has 0 saturated heterocycles. The zero-order valence-corrected chi connectivity index (χ0v) is 22.6. The summed E-state index contributed by atoms with van der Waals surface area (Å²) < 4.78 is 0. The zero-order chi connectivity index (χ0) is 27.2. The van der Waals surface area contributed by atoms with E-state index in [4.69, 9.17) is 0 Å². The molecule has 3 aromatic rings. The van der Waals surface area contributed by atoms with E-state index in [9.17, 15) is 20.1 Å². The fraction of sp³-hybridized carbons (Fsp3) is 0.387. The van der Waals surface area contributed by atoms with Crippen molar-refractivity contribution in [3.8, 4) is 5.75 Å². The zero-order valence-electron chi connectivity index (χ0n) is 22.6. The smallest absolute Gasteiger partial charge is 0.251 e. The number of aliphatic hydroxyl groups is 2. The maximum Gasteiger partial charge on any atom is 0.251 e. The van der Waals surface area contributed by atoms with Gasteiger partial charge in [0.2, 0.25) is 0 Å². The highest BCUT2D eigenvalue weighted by Gasteiger charge is 2.21. The van der Waals surface area contributed by atoms with Crippen molar-refractivity contribution in [1.82, 2.24) is 10.6 Å². The van der Waals surface area contributed by atoms with Crippen molar-refractivity contribution < 1.29 is 20.1 Å². The number of aliphatic hydroxyl groups excluding tert-OH is 2. The lowest BCUT2D eigenvalue weighted by atomic mass is 9.93. The number of nitrogens with one attached hydrogen (secondary N) is 2. The number of rotatable bonds is 11. The molecule has 37 heavy (non-hydrogen) atoms. The van der Waals surface area contributed by atoms with E-state index < -0.39 is 6.10 Å². The first-order chi connectivity index (χ1) is 17.5. The molecule has 5 N–H and O–H groups in total. The van der Waals surface area contributed by atoms with Gasteiger partial charge in [-0.1, -0.05) is 30.3 Å². The van der Waals surface area contributed by atoms with Gasteiger partial charge in [0.1, 0.15) is 5.75 Å². The van der Waals surface area contributed by atoms with Gasteiger partial charge in [-0.2, -0.15) is 0 Å². The molecule has 1 atom stereocenters. The predicted molar refractivity (Wildman–Crippen MR) is 148 cm³/mol. The number of β-amino-alcohol motifs (C(OH)–C–C–N with tert-alkyl or cyclic N) is 1. The van der Waals surface area contributed by atoms with Gasteiger partial charge in [-0.15, -0.1) is 0 Å². The van der Waals surface area contributed by atoms with Crippen molar-refractivity contribution in [2.24, 2.45) is 0 Å². The van der Waals surface area contributed by atoms with Gasteiger partial charge in [-0.3, -0.25) is 4.79 Å². The minimum absolute atomic E-state index is 0.0102. The van der Waals surface area contributed by atoms with Crippen LogP contribution in [0.25, 0.3) is 0 Å². The highest BCUT2D eigenvalue weighted by Crippen LogP contribution is 2.23. The average molecular weight is 505 g/mol. The molecule has 0 aliphatic rings. The van der Waals surface area contributed by atoms with Gasteiger partial charge < -0.3 is 26.0 Å². The van der Waals surface area contributed by atoms with Crippen LogP contribution in [0.3, 0.4) is 0 Å². The van der Waals surface area contributed by atoms with Gasteiger partial charge in [0, 0.05) is 29.8 Å². The maximum atomic E-state index is 12.8. The van der Waals surface area contributed by atoms with Gasteiger partial charge in [0.25, 0.3) is 5.91 Å². The van der Waals surface area contributed by atoms with Crippen LogP contribution in [0.4, 0.5) is 0 Å². The lowest BCUT2D eigenvalue weighted by Gasteiger charge is -2.28. The third kappa shape index (κ3) is 7.89. The Bertz CT molecular complexity index is 1240. The molecule has 0 aliphatic carbocycles. The van der Waals surface area contributed by atoms with E-state index >= 15 is 0 Å². The SMILES string of the molecule is Cc1cc(C)c(CCNC(=O)c2cccc(CC(C)(C)NC[C@H](O)c3ccc(O)c(CO)c3)c2)cc1C. The van der Waals surface area contributed by atoms with Gasteiger partial charge >= 0.3 is 0 Å². The molecule has 0 heterocycles. The molecule has 0 fully saturated rings. The van der Waals surface area contributed by atoms with E-state index in [1.54, 1.807) is 12.1 Å². The Hall–Kier alpha value is -3.19. The lowest BCUT2D eigenvalue weighted by molar-refractivity contribution is 0.0954. The Labute approximate surface area is 220 Å². The quantitative estimate of drug-likeness (QED) is 0.266. The first-order valence-electron chi connectivity index (χ1n) is 12.8. The fourth-order valence-electron chi connectivity index (χ4n) is 4.53. The molecule has 6 nitrogen and oxygen atoms in total. The highest BCUT2D eigenvalue weighted by molar-refractivity contribution is 5.94. The fourth-order valence-corrected chi connectivity index (χ4v) is 4.53. The summed E-state index contributed by atoms with van der Waals surface area (Å²) in [5.41, 5.74) is 7.38. The molecule has 0 aliphatic heterocycles. The lowest BCUT2D eigenvalue weighted by Crippen LogP contribution is -2.43. The van der Waals surface area contributed by atoms with Gasteiger partial charge in [-0.25, -0.2) is 0 Å². The predicted octanol–water partition coefficient (Wildman–Crippen LogP) is 4.43. The normalized spacial score (nSPS) is 12.4. The van der Waals surface area contributed by atoms with E-state index in [1.807, 2.05) is 38.1 Å². The summed E-state index contributed by atoms with van der Waals surface area (Å²) in [5.74, 6) is -0.0763. The second-order valence-corrected chi connectivity index (χ2v) is 10.6. The maximum absolute atomic E-state index is 12.8. The molecule has 1 amide bonds. The number of aryl methyl sites for hydroxylation is 3. The molecule has 0 bridgehead atoms. The van der Waals surface area contributed by atoms with Crippen LogP contribution in [-0.4, -0.2) is 39.9 Å². The van der Waals surface area contributed by atoms with Crippen LogP contribution < -0.4 is 10.6 Å². The largest absolute Gasteiger partial charge is 0.508 e. The number of hydrogen-bond acceptors (Lipinski definition) is 5. The number of carbonyl (C=O) groups excluding carboxylic acids is 1. The highest BCUT2D eigenvalue weighted by atomic mass is 16.3. The van der Waals surface area contributed by atoms with Gasteiger partial charge in [0.05, 0.1) is 12.7 Å². The van der Waals surface area contributed by atoms with Crippen LogP contribution >= 0.6 is 0 Å². The molecule has 0 saturated carbocycles. The Morgan fingerprint density at radius 1 is 0.946 bits per heavy atom. The molecule has 0 radical (unpaired) electrons. The van der Waals surface area contributed by atoms with Crippen molar-refractivity contribution in [2.75, 3.05) is 13.1 Å². The van der Waals surface area contributed by atoms with Crippen molar-refractivity contribution in [3.63, 3.8) is 0 Å². The van der Waals surface area contributed by atoms with E-state index in [0.29, 0.717) is 36.2 Å². The van der Waals surface area contributed by atoms with Crippen LogP contribution in [0, 0.1) is 20.8 Å². The Kier molecular flexibility index (Phi) is 9.49. The van der Waals surface area contributed by atoms with E-state index in [2.05, 4.69) is 43.5 Å². The Morgan fingerprint density at radius 2 is 1.68 bits per heavy atom. The summed E-state index contributed by atoms with van der Waals surface area (Å²) in [6.07, 6.45) is 0.668. The number of aromatic hydroxyl groups is 1. The van der Waals surface area contributed by atoms with Crippen LogP contribution in [0.2, 0.25) is 0 Å². The average Bonchev–Trinajstić information content (AvgIpc) is 2.85. The first kappa shape index (κ1) is 28.4. The Balaban J connectivity index is 1.55. The number of hydrogen-bond donors (Lipinski definition) is 5. The molecular weight excluding hydrogens is 464 g/mol. The number of amides is 1. The third-order valence-corrected chi connectivity index (χ3v) is 6.90. The molecule has 198 valence electrons. The molecular formula is C31H40N2O4. The summed E-state index contributed by atoms with van der Waals surface area (Å²) in [7, 11) is 0. The van der Waals surface area contributed by atoms with Crippen LogP contribution in [0.1, 0.15) is 69.3 Å². The number of carbonyl (C=O) groups is 1. The van der Waals surface area contributed by atoms with E-state index in [-0.39, 0.29) is 23.8 Å². The monoisotopic (exact) mass is 504 g/mol. The van der Waals surface area contributed by atoms with Crippen LogP contribution in [0.15, 0.2) is 54.6 Å². The third-order valence-electron chi connectivity index (χ3n) is 6.90. The van der Waals surface area contributed by atoms with Crippen LogP contribution in [0.5, 0.6) is 5.75 Å². The van der Waals surface area contributed by atoms with E-state index in [0.717, 1.165) is 12.0 Å². The molecule has 0 aromatic heterocycles. The number of benzene rings is 3. The molecule has 3 rings (SSSR count). The molecule has 0 spiro atoms. The second kappa shape index (κ2) is 12.4. The minimum atomic E-state index is -0.789. The van der Waals surface area contributed by atoms with Crippen molar-refractivity contribution >= 4 is 5.91 Å². The summed E-state index contributed by atoms with van der Waals surface area (Å²) in [4.78, 5) is 12.8. The van der Waals surface area contributed by atoms with Gasteiger partial charge in [-0.05, 0) is 105 Å². The van der Waals surface area contributed by atoms with E-state index in [1.165, 1.54) is 28.3 Å². The molecule has 0 unspecified atom stereocenters. The van der Waals surface area contributed by atoms with Gasteiger partial charge in [0.15, 0.2) is 0 Å². The molecule has 3 aromatic carbocycles. The molecule has 6 heteroatoms. The number of phenols is 1. The Morgan fingerprint density at radius 3 is 2.41 bits per heavy atom. The second-order valence-electron chi connectivity index (χ2n) is 10.6. The summed E-state index contributed by atoms with van der Waals surface area (Å²) in [6, 6.07) is 16.8. The summed E-state index contributed by atoms with van der Waals surface area (Å²) in [6.45, 7) is 11.0. The van der Waals surface area contributed by atoms with Crippen LogP contribution in [-0.2, 0) is 19.4 Å².